The molecule has 2 aliphatic heterocycles. The van der Waals surface area contributed by atoms with Gasteiger partial charge in [-0.1, -0.05) is 0 Å². The maximum atomic E-state index is 13.2. The number of thioether (sulfide) groups is 1. The minimum absolute atomic E-state index is 0.0244. The van der Waals surface area contributed by atoms with Crippen LogP contribution in [-0.4, -0.2) is 60.5 Å². The molecule has 35 heavy (non-hydrogen) atoms. The van der Waals surface area contributed by atoms with Gasteiger partial charge in [0.25, 0.3) is 5.91 Å². The van der Waals surface area contributed by atoms with Crippen molar-refractivity contribution in [2.24, 2.45) is 4.99 Å². The van der Waals surface area contributed by atoms with E-state index in [9.17, 15) is 4.79 Å². The Bertz CT molecular complexity index is 1240. The lowest BCUT2D eigenvalue weighted by atomic mass is 10.2. The van der Waals surface area contributed by atoms with Crippen LogP contribution in [0.2, 0.25) is 0 Å². The standard InChI is InChI=1S/C27H28N4O3S/c1-3-30-26(32)25(19-23-5-4-14-31(23)22-10-12-24(33-2)13-11-22)35-27(30)28-20-6-8-21(9-7-20)29-15-17-34-18-16-29/h4-14,19H,3,15-18H2,1-2H3/b25-19-,28-27?. The topological polar surface area (TPSA) is 59.3 Å². The number of carbonyl (C=O) groups excluding carboxylic acids is 1. The lowest BCUT2D eigenvalue weighted by Gasteiger charge is -2.28. The first-order chi connectivity index (χ1) is 17.2. The molecule has 180 valence electrons. The van der Waals surface area contributed by atoms with E-state index in [2.05, 4.69) is 21.6 Å². The molecule has 3 aromatic rings. The SMILES string of the molecule is CCN1C(=O)/C(=C/c2cccn2-c2ccc(OC)cc2)SC1=Nc1ccc(N2CCOCC2)cc1. The Morgan fingerprint density at radius 1 is 1.03 bits per heavy atom. The van der Waals surface area contributed by atoms with Crippen LogP contribution in [0, 0.1) is 0 Å². The Balaban J connectivity index is 1.38. The highest BCUT2D eigenvalue weighted by Gasteiger charge is 2.32. The van der Waals surface area contributed by atoms with E-state index in [0.717, 1.165) is 49.1 Å². The predicted octanol–water partition coefficient (Wildman–Crippen LogP) is 4.95. The Hall–Kier alpha value is -3.49. The Kier molecular flexibility index (Phi) is 6.92. The molecule has 2 saturated heterocycles. The molecule has 1 aromatic heterocycles. The first kappa shape index (κ1) is 23.3. The van der Waals surface area contributed by atoms with Gasteiger partial charge in [-0.2, -0.15) is 0 Å². The van der Waals surface area contributed by atoms with E-state index in [1.807, 2.05) is 67.7 Å². The maximum absolute atomic E-state index is 13.2. The van der Waals surface area contributed by atoms with Crippen molar-refractivity contribution in [1.29, 1.82) is 0 Å². The number of nitrogens with zero attached hydrogens (tertiary/aromatic N) is 4. The van der Waals surface area contributed by atoms with Crippen LogP contribution in [0.15, 0.2) is 76.8 Å². The number of aliphatic imine (C=N–C) groups is 1. The van der Waals surface area contributed by atoms with Gasteiger partial charge in [0.2, 0.25) is 0 Å². The summed E-state index contributed by atoms with van der Waals surface area (Å²) in [7, 11) is 1.65. The number of carbonyl (C=O) groups is 1. The number of benzene rings is 2. The number of ether oxygens (including phenoxy) is 2. The van der Waals surface area contributed by atoms with Crippen molar-refractivity contribution in [3.05, 3.63) is 77.5 Å². The second-order valence-electron chi connectivity index (χ2n) is 8.17. The first-order valence-electron chi connectivity index (χ1n) is 11.7. The summed E-state index contributed by atoms with van der Waals surface area (Å²) in [5, 5.41) is 0.699. The highest BCUT2D eigenvalue weighted by atomic mass is 32.2. The van der Waals surface area contributed by atoms with Crippen LogP contribution in [0.3, 0.4) is 0 Å². The molecule has 2 fully saturated rings. The number of anilines is 1. The van der Waals surface area contributed by atoms with Gasteiger partial charge < -0.3 is 18.9 Å². The Morgan fingerprint density at radius 3 is 2.43 bits per heavy atom. The zero-order valence-corrected chi connectivity index (χ0v) is 20.7. The van der Waals surface area contributed by atoms with E-state index in [1.54, 1.807) is 12.0 Å². The number of rotatable bonds is 6. The summed E-state index contributed by atoms with van der Waals surface area (Å²) < 4.78 is 12.8. The highest BCUT2D eigenvalue weighted by molar-refractivity contribution is 8.18. The monoisotopic (exact) mass is 488 g/mol. The van der Waals surface area contributed by atoms with E-state index in [-0.39, 0.29) is 5.91 Å². The van der Waals surface area contributed by atoms with Gasteiger partial charge in [0.05, 0.1) is 30.9 Å². The fraction of sp³-hybridized carbons (Fsp3) is 0.259. The van der Waals surface area contributed by atoms with Crippen molar-refractivity contribution >= 4 is 40.3 Å². The van der Waals surface area contributed by atoms with Crippen LogP contribution < -0.4 is 9.64 Å². The smallest absolute Gasteiger partial charge is 0.266 e. The quantitative estimate of drug-likeness (QED) is 0.460. The molecule has 0 N–H and O–H groups in total. The summed E-state index contributed by atoms with van der Waals surface area (Å²) in [5.41, 5.74) is 3.93. The third-order valence-corrected chi connectivity index (χ3v) is 7.07. The molecule has 2 aliphatic rings. The molecule has 0 spiro atoms. The third kappa shape index (κ3) is 4.99. The fourth-order valence-electron chi connectivity index (χ4n) is 4.16. The average molecular weight is 489 g/mol. The molecule has 2 aromatic carbocycles. The van der Waals surface area contributed by atoms with E-state index >= 15 is 0 Å². The van der Waals surface area contributed by atoms with Crippen molar-refractivity contribution in [1.82, 2.24) is 9.47 Å². The van der Waals surface area contributed by atoms with E-state index < -0.39 is 0 Å². The molecule has 0 radical (unpaired) electrons. The molecule has 0 unspecified atom stereocenters. The van der Waals surface area contributed by atoms with E-state index in [4.69, 9.17) is 14.5 Å². The van der Waals surface area contributed by atoms with Crippen LogP contribution in [0.4, 0.5) is 11.4 Å². The normalized spacial score (nSPS) is 18.6. The number of morpholine rings is 1. The molecule has 0 saturated carbocycles. The van der Waals surface area contributed by atoms with Crippen molar-refractivity contribution in [2.45, 2.75) is 6.92 Å². The van der Waals surface area contributed by atoms with Gasteiger partial charge >= 0.3 is 0 Å². The third-order valence-electron chi connectivity index (χ3n) is 6.06. The van der Waals surface area contributed by atoms with E-state index in [0.29, 0.717) is 16.6 Å². The molecular formula is C27H28N4O3S. The summed E-state index contributed by atoms with van der Waals surface area (Å²) in [6.45, 7) is 5.84. The highest BCUT2D eigenvalue weighted by Crippen LogP contribution is 2.35. The average Bonchev–Trinajstić information content (AvgIpc) is 3.49. The Labute approximate surface area is 209 Å². The minimum Gasteiger partial charge on any atom is -0.497 e. The van der Waals surface area contributed by atoms with Crippen molar-refractivity contribution in [3.8, 4) is 11.4 Å². The Morgan fingerprint density at radius 2 is 1.74 bits per heavy atom. The van der Waals surface area contributed by atoms with Crippen LogP contribution in [0.1, 0.15) is 12.6 Å². The van der Waals surface area contributed by atoms with Crippen LogP contribution in [0.5, 0.6) is 5.75 Å². The lowest BCUT2D eigenvalue weighted by Crippen LogP contribution is -2.36. The summed E-state index contributed by atoms with van der Waals surface area (Å²) in [4.78, 5) is 22.7. The van der Waals surface area contributed by atoms with Crippen molar-refractivity contribution < 1.29 is 14.3 Å². The maximum Gasteiger partial charge on any atom is 0.266 e. The first-order valence-corrected chi connectivity index (χ1v) is 12.5. The van der Waals surface area contributed by atoms with E-state index in [1.165, 1.54) is 17.4 Å². The van der Waals surface area contributed by atoms with Gasteiger partial charge in [-0.15, -0.1) is 0 Å². The molecule has 7 nitrogen and oxygen atoms in total. The van der Waals surface area contributed by atoms with Crippen LogP contribution in [-0.2, 0) is 9.53 Å². The van der Waals surface area contributed by atoms with Gasteiger partial charge in [-0.3, -0.25) is 9.69 Å². The molecule has 0 bridgehead atoms. The molecule has 0 atom stereocenters. The van der Waals surface area contributed by atoms with Gasteiger partial charge in [-0.25, -0.2) is 4.99 Å². The summed E-state index contributed by atoms with van der Waals surface area (Å²) >= 11 is 1.41. The zero-order valence-electron chi connectivity index (χ0n) is 19.9. The number of amides is 1. The largest absolute Gasteiger partial charge is 0.497 e. The van der Waals surface area contributed by atoms with Crippen molar-refractivity contribution in [3.63, 3.8) is 0 Å². The van der Waals surface area contributed by atoms with Gasteiger partial charge in [0, 0.05) is 42.9 Å². The summed E-state index contributed by atoms with van der Waals surface area (Å²) in [6.07, 6.45) is 3.92. The molecule has 3 heterocycles. The second kappa shape index (κ2) is 10.4. The molecule has 0 aliphatic carbocycles. The minimum atomic E-state index is -0.0244. The molecular weight excluding hydrogens is 460 g/mol. The van der Waals surface area contributed by atoms with Crippen LogP contribution >= 0.6 is 11.8 Å². The zero-order chi connectivity index (χ0) is 24.2. The number of hydrogen-bond acceptors (Lipinski definition) is 6. The van der Waals surface area contributed by atoms with Gasteiger partial charge in [0.1, 0.15) is 5.75 Å². The number of amidine groups is 1. The van der Waals surface area contributed by atoms with Crippen LogP contribution in [0.25, 0.3) is 11.8 Å². The summed E-state index contributed by atoms with van der Waals surface area (Å²) in [6, 6.07) is 20.0. The molecule has 8 heteroatoms. The lowest BCUT2D eigenvalue weighted by molar-refractivity contribution is -0.122. The summed E-state index contributed by atoms with van der Waals surface area (Å²) in [5.74, 6) is 0.781. The number of aromatic nitrogens is 1. The van der Waals surface area contributed by atoms with Gasteiger partial charge in [0.15, 0.2) is 5.17 Å². The number of hydrogen-bond donors (Lipinski definition) is 0. The fourth-order valence-corrected chi connectivity index (χ4v) is 5.21. The number of likely N-dealkylation sites (N-methyl/N-ethyl adjacent to an activating group) is 1. The number of methoxy groups -OCH3 is 1. The molecule has 1 amide bonds. The molecule has 5 rings (SSSR count). The second-order valence-corrected chi connectivity index (χ2v) is 9.18. The predicted molar refractivity (Wildman–Crippen MR) is 142 cm³/mol. The van der Waals surface area contributed by atoms with Crippen molar-refractivity contribution in [2.75, 3.05) is 44.9 Å². The van der Waals surface area contributed by atoms with Gasteiger partial charge in [-0.05, 0) is 85.4 Å².